The van der Waals surface area contributed by atoms with Gasteiger partial charge in [-0.2, -0.15) is 4.80 Å². The van der Waals surface area contributed by atoms with Crippen LogP contribution < -0.4 is 5.32 Å². The predicted octanol–water partition coefficient (Wildman–Crippen LogP) is 0.970. The lowest BCUT2D eigenvalue weighted by Crippen LogP contribution is -2.31. The second kappa shape index (κ2) is 4.49. The quantitative estimate of drug-likeness (QED) is 0.811. The highest BCUT2D eigenvalue weighted by Crippen LogP contribution is 2.15. The molecule has 1 N–H and O–H groups in total. The molecule has 5 nitrogen and oxygen atoms in total. The summed E-state index contributed by atoms with van der Waals surface area (Å²) in [5.74, 6) is 1.55. The Labute approximate surface area is 96.6 Å². The normalized spacial score (nSPS) is 22.3. The Balaban J connectivity index is 1.97. The standard InChI is InChI=1S/C11H21N5/c1-11(2,3)16-14-10(13-15-16)7-9-5-4-6-12-8-9/h9,12H,4-8H2,1-3H3. The van der Waals surface area contributed by atoms with Crippen LogP contribution in [-0.4, -0.2) is 33.3 Å². The molecular weight excluding hydrogens is 202 g/mol. The van der Waals surface area contributed by atoms with Gasteiger partial charge in [0.2, 0.25) is 0 Å². The molecule has 0 aromatic carbocycles. The topological polar surface area (TPSA) is 55.6 Å². The van der Waals surface area contributed by atoms with E-state index in [1.54, 1.807) is 4.80 Å². The molecule has 0 saturated carbocycles. The monoisotopic (exact) mass is 223 g/mol. The van der Waals surface area contributed by atoms with Gasteiger partial charge in [-0.1, -0.05) is 0 Å². The molecule has 2 heterocycles. The lowest BCUT2D eigenvalue weighted by atomic mass is 9.96. The minimum absolute atomic E-state index is 0.0733. The van der Waals surface area contributed by atoms with Crippen molar-refractivity contribution in [1.82, 2.24) is 25.5 Å². The van der Waals surface area contributed by atoms with Gasteiger partial charge < -0.3 is 5.32 Å². The number of aromatic nitrogens is 4. The van der Waals surface area contributed by atoms with Crippen molar-refractivity contribution in [3.63, 3.8) is 0 Å². The number of tetrazole rings is 1. The number of hydrogen-bond acceptors (Lipinski definition) is 4. The minimum atomic E-state index is -0.0733. The van der Waals surface area contributed by atoms with Crippen molar-refractivity contribution in [2.45, 2.75) is 45.6 Å². The second-order valence-corrected chi connectivity index (χ2v) is 5.58. The third-order valence-corrected chi connectivity index (χ3v) is 2.93. The first kappa shape index (κ1) is 11.5. The van der Waals surface area contributed by atoms with Crippen LogP contribution in [-0.2, 0) is 12.0 Å². The maximum Gasteiger partial charge on any atom is 0.175 e. The molecule has 1 aromatic rings. The van der Waals surface area contributed by atoms with Crippen molar-refractivity contribution in [2.75, 3.05) is 13.1 Å². The molecule has 1 unspecified atom stereocenters. The first-order valence-corrected chi connectivity index (χ1v) is 6.06. The summed E-state index contributed by atoms with van der Waals surface area (Å²) in [5.41, 5.74) is -0.0733. The van der Waals surface area contributed by atoms with E-state index in [-0.39, 0.29) is 5.54 Å². The predicted molar refractivity (Wildman–Crippen MR) is 62.1 cm³/mol. The van der Waals surface area contributed by atoms with Crippen LogP contribution in [0.1, 0.15) is 39.4 Å². The first-order chi connectivity index (χ1) is 7.55. The van der Waals surface area contributed by atoms with Crippen molar-refractivity contribution in [2.24, 2.45) is 5.92 Å². The molecule has 0 spiro atoms. The van der Waals surface area contributed by atoms with Crippen LogP contribution in [0.25, 0.3) is 0 Å². The smallest absolute Gasteiger partial charge is 0.175 e. The summed E-state index contributed by atoms with van der Waals surface area (Å²) < 4.78 is 0. The van der Waals surface area contributed by atoms with Gasteiger partial charge in [0.1, 0.15) is 0 Å². The Morgan fingerprint density at radius 1 is 1.44 bits per heavy atom. The Kier molecular flexibility index (Phi) is 3.23. The van der Waals surface area contributed by atoms with Crippen LogP contribution in [0.2, 0.25) is 0 Å². The first-order valence-electron chi connectivity index (χ1n) is 6.06. The van der Waals surface area contributed by atoms with E-state index in [4.69, 9.17) is 0 Å². The molecule has 16 heavy (non-hydrogen) atoms. The van der Waals surface area contributed by atoms with Gasteiger partial charge >= 0.3 is 0 Å². The second-order valence-electron chi connectivity index (χ2n) is 5.58. The Morgan fingerprint density at radius 3 is 2.81 bits per heavy atom. The fraction of sp³-hybridized carbons (Fsp3) is 0.909. The zero-order valence-electron chi connectivity index (χ0n) is 10.4. The molecule has 0 radical (unpaired) electrons. The van der Waals surface area contributed by atoms with E-state index in [2.05, 4.69) is 41.5 Å². The fourth-order valence-corrected chi connectivity index (χ4v) is 1.97. The molecule has 0 amide bonds. The maximum absolute atomic E-state index is 4.44. The third kappa shape index (κ3) is 2.78. The number of piperidine rings is 1. The molecule has 90 valence electrons. The zero-order chi connectivity index (χ0) is 11.6. The SMILES string of the molecule is CC(C)(C)n1nnc(CC2CCCNC2)n1. The summed E-state index contributed by atoms with van der Waals surface area (Å²) in [7, 11) is 0. The summed E-state index contributed by atoms with van der Waals surface area (Å²) in [4.78, 5) is 1.71. The summed E-state index contributed by atoms with van der Waals surface area (Å²) >= 11 is 0. The van der Waals surface area contributed by atoms with E-state index in [0.717, 1.165) is 25.3 Å². The molecule has 5 heteroatoms. The van der Waals surface area contributed by atoms with E-state index in [0.29, 0.717) is 5.92 Å². The van der Waals surface area contributed by atoms with Crippen LogP contribution in [0.3, 0.4) is 0 Å². The van der Waals surface area contributed by atoms with Crippen molar-refractivity contribution in [3.8, 4) is 0 Å². The third-order valence-electron chi connectivity index (χ3n) is 2.93. The number of rotatable bonds is 2. The zero-order valence-corrected chi connectivity index (χ0v) is 10.4. The summed E-state index contributed by atoms with van der Waals surface area (Å²) in [6.45, 7) is 8.49. The van der Waals surface area contributed by atoms with E-state index in [9.17, 15) is 0 Å². The fourth-order valence-electron chi connectivity index (χ4n) is 1.97. The molecule has 0 aliphatic carbocycles. The summed E-state index contributed by atoms with van der Waals surface area (Å²) in [5, 5.41) is 16.1. The molecule has 1 aliphatic heterocycles. The molecule has 1 fully saturated rings. The molecule has 2 rings (SSSR count). The lowest BCUT2D eigenvalue weighted by molar-refractivity contribution is 0.303. The van der Waals surface area contributed by atoms with E-state index in [1.807, 2.05) is 0 Å². The Morgan fingerprint density at radius 2 is 2.25 bits per heavy atom. The van der Waals surface area contributed by atoms with Crippen molar-refractivity contribution in [3.05, 3.63) is 5.82 Å². The molecule has 0 bridgehead atoms. The average Bonchev–Trinajstić information content (AvgIpc) is 2.67. The van der Waals surface area contributed by atoms with Crippen LogP contribution in [0.5, 0.6) is 0 Å². The highest BCUT2D eigenvalue weighted by molar-refractivity contribution is 4.85. The average molecular weight is 223 g/mol. The van der Waals surface area contributed by atoms with Gasteiger partial charge in [-0.25, -0.2) is 0 Å². The van der Waals surface area contributed by atoms with Gasteiger partial charge in [-0.3, -0.25) is 0 Å². The highest BCUT2D eigenvalue weighted by Gasteiger charge is 2.20. The lowest BCUT2D eigenvalue weighted by Gasteiger charge is -2.21. The molecule has 1 aromatic heterocycles. The van der Waals surface area contributed by atoms with Crippen LogP contribution in [0, 0.1) is 5.92 Å². The van der Waals surface area contributed by atoms with E-state index < -0.39 is 0 Å². The van der Waals surface area contributed by atoms with Gasteiger partial charge in [0.05, 0.1) is 5.54 Å². The van der Waals surface area contributed by atoms with Crippen LogP contribution in [0.15, 0.2) is 0 Å². The van der Waals surface area contributed by atoms with Gasteiger partial charge in [0.15, 0.2) is 5.82 Å². The van der Waals surface area contributed by atoms with Gasteiger partial charge in [-0.15, -0.1) is 10.2 Å². The number of hydrogen-bond donors (Lipinski definition) is 1. The van der Waals surface area contributed by atoms with E-state index in [1.165, 1.54) is 12.8 Å². The highest BCUT2D eigenvalue weighted by atomic mass is 15.6. The molecule has 1 atom stereocenters. The molecular formula is C11H21N5. The van der Waals surface area contributed by atoms with Gasteiger partial charge in [-0.05, 0) is 57.8 Å². The van der Waals surface area contributed by atoms with Crippen molar-refractivity contribution >= 4 is 0 Å². The summed E-state index contributed by atoms with van der Waals surface area (Å²) in [6, 6.07) is 0. The molecule has 1 saturated heterocycles. The summed E-state index contributed by atoms with van der Waals surface area (Å²) in [6.07, 6.45) is 3.48. The van der Waals surface area contributed by atoms with Crippen LogP contribution in [0.4, 0.5) is 0 Å². The largest absolute Gasteiger partial charge is 0.316 e. The van der Waals surface area contributed by atoms with Gasteiger partial charge in [0.25, 0.3) is 0 Å². The maximum atomic E-state index is 4.44. The number of nitrogens with zero attached hydrogens (tertiary/aromatic N) is 4. The van der Waals surface area contributed by atoms with Crippen molar-refractivity contribution < 1.29 is 0 Å². The molecule has 1 aliphatic rings. The Hall–Kier alpha value is -0.970. The Bertz CT molecular complexity index is 332. The van der Waals surface area contributed by atoms with E-state index >= 15 is 0 Å². The van der Waals surface area contributed by atoms with Gasteiger partial charge in [0, 0.05) is 6.42 Å². The number of nitrogens with one attached hydrogen (secondary N) is 1. The van der Waals surface area contributed by atoms with Crippen molar-refractivity contribution in [1.29, 1.82) is 0 Å². The minimum Gasteiger partial charge on any atom is -0.316 e. The van der Waals surface area contributed by atoms with Crippen LogP contribution >= 0.6 is 0 Å².